The molecule has 1 aromatic rings. The number of nitrogens with zero attached hydrogens (tertiary/aromatic N) is 3. The minimum Gasteiger partial charge on any atom is -0.384 e. The Labute approximate surface area is 192 Å². The molecular formula is C24H36Cl2N4. The summed E-state index contributed by atoms with van der Waals surface area (Å²) in [6.45, 7) is 10.6. The summed E-state index contributed by atoms with van der Waals surface area (Å²) in [6.07, 6.45) is 8.68. The van der Waals surface area contributed by atoms with Crippen LogP contribution in [0.25, 0.3) is 0 Å². The number of alkyl halides is 1. The van der Waals surface area contributed by atoms with Crippen LogP contribution >= 0.6 is 23.2 Å². The standard InChI is InChI=1S/C24H36Cl2N4/c1-3-18(2)17-29-12-14-30(15-13-29)22-10-4-19(23(26)16-22)5-11-24(27)28-21-8-6-20(25)7-9-21/h5-9,11,18-19,22-23H,3-4,10,12-17H2,1-2H3,(H2,27,28)/b11-5+/t18?,19?,22-,23?/m1/s1. The number of aliphatic imine (C=N–C) groups is 1. The maximum atomic E-state index is 6.79. The van der Waals surface area contributed by atoms with Crippen molar-refractivity contribution in [1.82, 2.24) is 9.80 Å². The number of benzene rings is 1. The van der Waals surface area contributed by atoms with E-state index in [1.165, 1.54) is 45.6 Å². The average Bonchev–Trinajstić information content (AvgIpc) is 2.75. The highest BCUT2D eigenvalue weighted by Crippen LogP contribution is 2.33. The van der Waals surface area contributed by atoms with Crippen molar-refractivity contribution in [2.45, 2.75) is 50.9 Å². The van der Waals surface area contributed by atoms with Gasteiger partial charge in [0.25, 0.3) is 0 Å². The number of hydrogen-bond donors (Lipinski definition) is 1. The van der Waals surface area contributed by atoms with Gasteiger partial charge in [-0.1, -0.05) is 37.9 Å². The predicted octanol–water partition coefficient (Wildman–Crippen LogP) is 5.32. The maximum Gasteiger partial charge on any atom is 0.123 e. The number of amidine groups is 1. The fourth-order valence-corrected chi connectivity index (χ4v) is 5.01. The first-order valence-corrected chi connectivity index (χ1v) is 12.1. The minimum absolute atomic E-state index is 0.154. The van der Waals surface area contributed by atoms with Gasteiger partial charge in [-0.25, -0.2) is 4.99 Å². The van der Waals surface area contributed by atoms with E-state index in [1.807, 2.05) is 30.3 Å². The molecule has 2 fully saturated rings. The van der Waals surface area contributed by atoms with Crippen molar-refractivity contribution in [3.05, 3.63) is 41.4 Å². The van der Waals surface area contributed by atoms with E-state index in [0.29, 0.717) is 22.8 Å². The number of hydrogen-bond acceptors (Lipinski definition) is 3. The lowest BCUT2D eigenvalue weighted by atomic mass is 9.84. The van der Waals surface area contributed by atoms with Gasteiger partial charge in [-0.3, -0.25) is 4.90 Å². The highest BCUT2D eigenvalue weighted by atomic mass is 35.5. The molecule has 1 aliphatic heterocycles. The van der Waals surface area contributed by atoms with E-state index in [1.54, 1.807) is 0 Å². The van der Waals surface area contributed by atoms with Gasteiger partial charge >= 0.3 is 0 Å². The summed E-state index contributed by atoms with van der Waals surface area (Å²) in [4.78, 5) is 9.72. The molecule has 0 aromatic heterocycles. The Balaban J connectivity index is 1.46. The molecule has 3 unspecified atom stereocenters. The van der Waals surface area contributed by atoms with Crippen LogP contribution in [0, 0.1) is 11.8 Å². The first-order valence-electron chi connectivity index (χ1n) is 11.3. The number of rotatable bonds is 7. The van der Waals surface area contributed by atoms with E-state index in [2.05, 4.69) is 34.7 Å². The zero-order chi connectivity index (χ0) is 21.5. The van der Waals surface area contributed by atoms with Crippen LogP contribution < -0.4 is 5.73 Å². The molecule has 0 spiro atoms. The van der Waals surface area contributed by atoms with E-state index in [0.717, 1.165) is 24.4 Å². The summed E-state index contributed by atoms with van der Waals surface area (Å²) in [5.74, 6) is 1.65. The summed E-state index contributed by atoms with van der Waals surface area (Å²) in [5, 5.41) is 0.850. The predicted molar refractivity (Wildman–Crippen MR) is 130 cm³/mol. The molecule has 4 nitrogen and oxygen atoms in total. The zero-order valence-electron chi connectivity index (χ0n) is 18.3. The number of halogens is 2. The molecule has 0 amide bonds. The van der Waals surface area contributed by atoms with Crippen LogP contribution in [-0.4, -0.2) is 59.8 Å². The number of piperazine rings is 1. The Hall–Kier alpha value is -1.07. The average molecular weight is 451 g/mol. The first-order chi connectivity index (χ1) is 14.4. The van der Waals surface area contributed by atoms with Gasteiger partial charge in [0.15, 0.2) is 0 Å². The van der Waals surface area contributed by atoms with Crippen LogP contribution in [0.5, 0.6) is 0 Å². The third-order valence-electron chi connectivity index (χ3n) is 6.58. The van der Waals surface area contributed by atoms with Crippen LogP contribution in [0.2, 0.25) is 5.02 Å². The molecule has 166 valence electrons. The Kier molecular flexibility index (Phi) is 9.06. The molecule has 0 bridgehead atoms. The molecule has 2 aliphatic rings. The van der Waals surface area contributed by atoms with Gasteiger partial charge in [-0.15, -0.1) is 11.6 Å². The van der Waals surface area contributed by atoms with Crippen molar-refractivity contribution in [2.24, 2.45) is 22.6 Å². The van der Waals surface area contributed by atoms with E-state index < -0.39 is 0 Å². The molecule has 1 aromatic carbocycles. The second-order valence-electron chi connectivity index (χ2n) is 8.87. The van der Waals surface area contributed by atoms with Crippen molar-refractivity contribution in [2.75, 3.05) is 32.7 Å². The Morgan fingerprint density at radius 2 is 1.90 bits per heavy atom. The van der Waals surface area contributed by atoms with Crippen LogP contribution in [0.1, 0.15) is 39.5 Å². The van der Waals surface area contributed by atoms with Crippen molar-refractivity contribution >= 4 is 34.7 Å². The summed E-state index contributed by atoms with van der Waals surface area (Å²) in [5.41, 5.74) is 6.89. The molecule has 1 heterocycles. The number of allylic oxidation sites excluding steroid dienone is 1. The highest BCUT2D eigenvalue weighted by Gasteiger charge is 2.32. The van der Waals surface area contributed by atoms with Gasteiger partial charge in [0.1, 0.15) is 5.84 Å². The van der Waals surface area contributed by atoms with Gasteiger partial charge in [-0.05, 0) is 61.4 Å². The first kappa shape index (κ1) is 23.6. The highest BCUT2D eigenvalue weighted by molar-refractivity contribution is 6.30. The molecule has 3 rings (SSSR count). The second kappa shape index (κ2) is 11.5. The number of nitrogens with two attached hydrogens (primary N) is 1. The summed E-state index contributed by atoms with van der Waals surface area (Å²) >= 11 is 12.7. The Morgan fingerprint density at radius 1 is 1.20 bits per heavy atom. The largest absolute Gasteiger partial charge is 0.384 e. The summed E-state index contributed by atoms with van der Waals surface area (Å²) in [6, 6.07) is 7.97. The van der Waals surface area contributed by atoms with Gasteiger partial charge in [0.2, 0.25) is 0 Å². The van der Waals surface area contributed by atoms with Crippen LogP contribution in [0.15, 0.2) is 41.4 Å². The monoisotopic (exact) mass is 450 g/mol. The second-order valence-corrected chi connectivity index (χ2v) is 9.87. The lowest BCUT2D eigenvalue weighted by Crippen LogP contribution is -2.52. The lowest BCUT2D eigenvalue weighted by Gasteiger charge is -2.43. The summed E-state index contributed by atoms with van der Waals surface area (Å²) < 4.78 is 0. The zero-order valence-corrected chi connectivity index (χ0v) is 19.8. The van der Waals surface area contributed by atoms with E-state index in [9.17, 15) is 0 Å². The molecule has 1 aliphatic carbocycles. The van der Waals surface area contributed by atoms with Gasteiger partial charge in [-0.2, -0.15) is 0 Å². The molecule has 2 N–H and O–H groups in total. The quantitative estimate of drug-likeness (QED) is 0.347. The van der Waals surface area contributed by atoms with Gasteiger partial charge < -0.3 is 10.6 Å². The fourth-order valence-electron chi connectivity index (χ4n) is 4.47. The van der Waals surface area contributed by atoms with Crippen LogP contribution in [-0.2, 0) is 0 Å². The van der Waals surface area contributed by atoms with Crippen molar-refractivity contribution in [3.8, 4) is 0 Å². The fraction of sp³-hybridized carbons (Fsp3) is 0.625. The molecule has 6 heteroatoms. The van der Waals surface area contributed by atoms with Crippen molar-refractivity contribution < 1.29 is 0 Å². The molecule has 0 radical (unpaired) electrons. The lowest BCUT2D eigenvalue weighted by molar-refractivity contribution is 0.0685. The Morgan fingerprint density at radius 3 is 2.53 bits per heavy atom. The van der Waals surface area contributed by atoms with Crippen molar-refractivity contribution in [1.29, 1.82) is 0 Å². The third kappa shape index (κ3) is 6.98. The normalized spacial score (nSPS) is 28.1. The molecule has 1 saturated carbocycles. The minimum atomic E-state index is 0.154. The molecule has 1 saturated heterocycles. The van der Waals surface area contributed by atoms with Crippen LogP contribution in [0.3, 0.4) is 0 Å². The smallest absolute Gasteiger partial charge is 0.123 e. The maximum absolute atomic E-state index is 6.79. The Bertz CT molecular complexity index is 710. The topological polar surface area (TPSA) is 44.9 Å². The van der Waals surface area contributed by atoms with E-state index in [4.69, 9.17) is 28.9 Å². The summed E-state index contributed by atoms with van der Waals surface area (Å²) in [7, 11) is 0. The van der Waals surface area contributed by atoms with E-state index in [-0.39, 0.29) is 5.38 Å². The third-order valence-corrected chi connectivity index (χ3v) is 7.34. The molecule has 30 heavy (non-hydrogen) atoms. The van der Waals surface area contributed by atoms with Crippen LogP contribution in [0.4, 0.5) is 5.69 Å². The molecule has 4 atom stereocenters. The SMILES string of the molecule is CCC(C)CN1CCN([C@@H]2CCC(/C=C/C(N)=Nc3ccc(Cl)cc3)C(Cl)C2)CC1. The van der Waals surface area contributed by atoms with Gasteiger partial charge in [0, 0.05) is 49.2 Å². The molecular weight excluding hydrogens is 415 g/mol. The van der Waals surface area contributed by atoms with Gasteiger partial charge in [0.05, 0.1) is 5.69 Å². The van der Waals surface area contributed by atoms with E-state index >= 15 is 0 Å². The van der Waals surface area contributed by atoms with Crippen molar-refractivity contribution in [3.63, 3.8) is 0 Å².